The largest absolute Gasteiger partial charge is 0.328 e. The van der Waals surface area contributed by atoms with Gasteiger partial charge in [-0.3, -0.25) is 0 Å². The maximum Gasteiger partial charge on any atom is 0.107 e. The lowest BCUT2D eigenvalue weighted by molar-refractivity contribution is 0.753. The summed E-state index contributed by atoms with van der Waals surface area (Å²) < 4.78 is 4.93. The predicted molar refractivity (Wildman–Crippen MR) is 83.0 cm³/mol. The third kappa shape index (κ3) is 1.39. The van der Waals surface area contributed by atoms with Crippen LogP contribution in [0.15, 0.2) is 36.4 Å². The van der Waals surface area contributed by atoms with Crippen LogP contribution >= 0.6 is 11.3 Å². The summed E-state index contributed by atoms with van der Waals surface area (Å²) in [6.45, 7) is 5.23. The van der Waals surface area contributed by atoms with Crippen LogP contribution in [0.5, 0.6) is 0 Å². The molecular weight excluding hydrogens is 252 g/mol. The number of hydrogen-bond acceptors (Lipinski definition) is 2. The maximum atomic E-state index is 4.78. The molecule has 19 heavy (non-hydrogen) atoms. The highest BCUT2D eigenvalue weighted by atomic mass is 32.1. The highest BCUT2D eigenvalue weighted by Gasteiger charge is 2.12. The van der Waals surface area contributed by atoms with Gasteiger partial charge in [0.05, 0.1) is 10.2 Å². The number of thiophene rings is 1. The molecule has 0 saturated heterocycles. The average molecular weight is 266 g/mol. The fraction of sp³-hybridized carbons (Fsp3) is 0.188. The van der Waals surface area contributed by atoms with Crippen LogP contribution < -0.4 is 0 Å². The Morgan fingerprint density at radius 2 is 1.95 bits per heavy atom. The van der Waals surface area contributed by atoms with Crippen molar-refractivity contribution in [2.75, 3.05) is 0 Å². The topological polar surface area (TPSA) is 17.8 Å². The van der Waals surface area contributed by atoms with Crippen LogP contribution in [0.1, 0.15) is 12.7 Å². The van der Waals surface area contributed by atoms with Crippen molar-refractivity contribution in [1.82, 2.24) is 9.55 Å². The fourth-order valence-corrected chi connectivity index (χ4v) is 4.08. The molecule has 2 aromatic carbocycles. The van der Waals surface area contributed by atoms with Crippen molar-refractivity contribution in [3.05, 3.63) is 42.2 Å². The minimum atomic E-state index is 0.971. The van der Waals surface area contributed by atoms with Gasteiger partial charge >= 0.3 is 0 Å². The molecule has 0 unspecified atom stereocenters. The first-order valence-electron chi connectivity index (χ1n) is 6.56. The highest BCUT2D eigenvalue weighted by molar-refractivity contribution is 7.26. The van der Waals surface area contributed by atoms with Crippen LogP contribution in [0.3, 0.4) is 0 Å². The van der Waals surface area contributed by atoms with Crippen molar-refractivity contribution in [2.24, 2.45) is 0 Å². The van der Waals surface area contributed by atoms with Gasteiger partial charge in [0.2, 0.25) is 0 Å². The first-order chi connectivity index (χ1) is 9.29. The van der Waals surface area contributed by atoms with Crippen molar-refractivity contribution in [2.45, 2.75) is 20.4 Å². The van der Waals surface area contributed by atoms with E-state index in [1.54, 1.807) is 0 Å². The molecule has 0 N–H and O–H groups in total. The van der Waals surface area contributed by atoms with Gasteiger partial charge in [0.1, 0.15) is 11.3 Å². The van der Waals surface area contributed by atoms with Crippen molar-refractivity contribution in [3.63, 3.8) is 0 Å². The van der Waals surface area contributed by atoms with Crippen LogP contribution in [0.4, 0.5) is 0 Å². The third-order valence-corrected chi connectivity index (χ3v) is 4.96. The van der Waals surface area contributed by atoms with Gasteiger partial charge in [-0.15, -0.1) is 11.3 Å². The van der Waals surface area contributed by atoms with Crippen LogP contribution in [0, 0.1) is 6.92 Å². The Balaban J connectivity index is 2.25. The molecule has 0 atom stereocenters. The molecule has 2 heterocycles. The summed E-state index contributed by atoms with van der Waals surface area (Å²) in [5, 5.41) is 2.67. The zero-order valence-corrected chi connectivity index (χ0v) is 11.8. The Morgan fingerprint density at radius 3 is 2.79 bits per heavy atom. The molecule has 2 nitrogen and oxygen atoms in total. The molecule has 0 saturated carbocycles. The summed E-state index contributed by atoms with van der Waals surface area (Å²) in [5.41, 5.74) is 2.40. The Bertz CT molecular complexity index is 915. The van der Waals surface area contributed by atoms with E-state index in [1.165, 1.54) is 25.7 Å². The van der Waals surface area contributed by atoms with Crippen molar-refractivity contribution >= 4 is 42.5 Å². The molecule has 0 aliphatic rings. The molecule has 94 valence electrons. The van der Waals surface area contributed by atoms with Crippen molar-refractivity contribution < 1.29 is 0 Å². The summed E-state index contributed by atoms with van der Waals surface area (Å²) in [6, 6.07) is 13.0. The van der Waals surface area contributed by atoms with Gasteiger partial charge in [-0.05, 0) is 26.0 Å². The molecule has 0 spiro atoms. The van der Waals surface area contributed by atoms with E-state index in [-0.39, 0.29) is 0 Å². The Kier molecular flexibility index (Phi) is 2.21. The fourth-order valence-electron chi connectivity index (χ4n) is 2.89. The summed E-state index contributed by atoms with van der Waals surface area (Å²) in [6.07, 6.45) is 0. The minimum absolute atomic E-state index is 0.971. The van der Waals surface area contributed by atoms with Crippen molar-refractivity contribution in [3.8, 4) is 0 Å². The zero-order valence-electron chi connectivity index (χ0n) is 11.0. The molecule has 0 bridgehead atoms. The van der Waals surface area contributed by atoms with E-state index in [2.05, 4.69) is 54.8 Å². The number of fused-ring (bicyclic) bond motifs is 5. The first-order valence-corrected chi connectivity index (χ1v) is 7.38. The molecule has 0 fully saturated rings. The van der Waals surface area contributed by atoms with Gasteiger partial charge < -0.3 is 4.57 Å². The standard InChI is InChI=1S/C16H14N2S/c1-3-18-10(2)17-15-13(18)9-8-12-11-6-4-5-7-14(11)19-16(12)15/h4-9H,3H2,1-2H3. The smallest absolute Gasteiger partial charge is 0.107 e. The monoisotopic (exact) mass is 266 g/mol. The maximum absolute atomic E-state index is 4.78. The molecule has 4 aromatic rings. The molecule has 4 rings (SSSR count). The third-order valence-electron chi connectivity index (χ3n) is 3.77. The Morgan fingerprint density at radius 1 is 1.11 bits per heavy atom. The second-order valence-corrected chi connectivity index (χ2v) is 5.86. The van der Waals surface area contributed by atoms with E-state index in [4.69, 9.17) is 4.98 Å². The summed E-state index contributed by atoms with van der Waals surface area (Å²) >= 11 is 1.85. The number of imidazole rings is 1. The van der Waals surface area contributed by atoms with Crippen molar-refractivity contribution in [1.29, 1.82) is 0 Å². The second kappa shape index (κ2) is 3.81. The molecule has 0 aliphatic heterocycles. The zero-order chi connectivity index (χ0) is 13.0. The van der Waals surface area contributed by atoms with Gasteiger partial charge in [-0.2, -0.15) is 0 Å². The Hall–Kier alpha value is -1.87. The Labute approximate surface area is 115 Å². The van der Waals surface area contributed by atoms with E-state index in [0.717, 1.165) is 17.9 Å². The number of rotatable bonds is 1. The number of benzene rings is 2. The molecular formula is C16H14N2S. The van der Waals surface area contributed by atoms with E-state index in [1.807, 2.05) is 11.3 Å². The minimum Gasteiger partial charge on any atom is -0.328 e. The van der Waals surface area contributed by atoms with Crippen LogP contribution in [-0.2, 0) is 6.54 Å². The lowest BCUT2D eigenvalue weighted by atomic mass is 10.1. The molecule has 0 amide bonds. The molecule has 0 aliphatic carbocycles. The highest BCUT2D eigenvalue weighted by Crippen LogP contribution is 2.37. The summed E-state index contributed by atoms with van der Waals surface area (Å²) in [4.78, 5) is 4.78. The lowest BCUT2D eigenvalue weighted by Gasteiger charge is -2.01. The number of aryl methyl sites for hydroxylation is 2. The van der Waals surface area contributed by atoms with Gasteiger partial charge in [-0.1, -0.05) is 24.3 Å². The second-order valence-electron chi connectivity index (χ2n) is 4.81. The van der Waals surface area contributed by atoms with E-state index in [0.29, 0.717) is 0 Å². The van der Waals surface area contributed by atoms with Gasteiger partial charge in [-0.25, -0.2) is 4.98 Å². The lowest BCUT2D eigenvalue weighted by Crippen LogP contribution is -1.95. The van der Waals surface area contributed by atoms with Crippen LogP contribution in [0.2, 0.25) is 0 Å². The predicted octanol–water partition coefficient (Wildman–Crippen LogP) is 4.73. The molecule has 3 heteroatoms. The molecule has 0 radical (unpaired) electrons. The SMILES string of the molecule is CCn1c(C)nc2c3sc4ccccc4c3ccc21. The van der Waals surface area contributed by atoms with Crippen LogP contribution in [0.25, 0.3) is 31.2 Å². The quantitative estimate of drug-likeness (QED) is 0.487. The van der Waals surface area contributed by atoms with E-state index < -0.39 is 0 Å². The van der Waals surface area contributed by atoms with Gasteiger partial charge in [0, 0.05) is 22.0 Å². The number of aromatic nitrogens is 2. The normalized spacial score (nSPS) is 11.9. The van der Waals surface area contributed by atoms with E-state index >= 15 is 0 Å². The number of hydrogen-bond donors (Lipinski definition) is 0. The summed E-state index contributed by atoms with van der Waals surface area (Å²) in [5.74, 6) is 1.10. The van der Waals surface area contributed by atoms with E-state index in [9.17, 15) is 0 Å². The summed E-state index contributed by atoms with van der Waals surface area (Å²) in [7, 11) is 0. The first kappa shape index (κ1) is 11.0. The average Bonchev–Trinajstić information content (AvgIpc) is 2.95. The molecule has 2 aromatic heterocycles. The van der Waals surface area contributed by atoms with Crippen LogP contribution in [-0.4, -0.2) is 9.55 Å². The number of nitrogens with zero attached hydrogens (tertiary/aromatic N) is 2. The van der Waals surface area contributed by atoms with Gasteiger partial charge in [0.15, 0.2) is 0 Å². The van der Waals surface area contributed by atoms with Gasteiger partial charge in [0.25, 0.3) is 0 Å².